The molecule has 0 aliphatic heterocycles. The van der Waals surface area contributed by atoms with Gasteiger partial charge in [0.25, 0.3) is 0 Å². The van der Waals surface area contributed by atoms with E-state index in [1.54, 1.807) is 7.11 Å². The number of ether oxygens (including phenoxy) is 1. The summed E-state index contributed by atoms with van der Waals surface area (Å²) in [5, 5.41) is 6.55. The van der Waals surface area contributed by atoms with Gasteiger partial charge in [-0.25, -0.2) is 0 Å². The largest absolute Gasteiger partial charge is 0.385 e. The van der Waals surface area contributed by atoms with Crippen LogP contribution in [0.2, 0.25) is 0 Å². The lowest BCUT2D eigenvalue weighted by atomic mass is 10.4. The van der Waals surface area contributed by atoms with Crippen molar-refractivity contribution in [2.24, 2.45) is 4.99 Å². The van der Waals surface area contributed by atoms with E-state index in [2.05, 4.69) is 41.4 Å². The molecule has 6 heteroatoms. The molecular weight excluding hydrogens is 343 g/mol. The fourth-order valence-electron chi connectivity index (χ4n) is 1.26. The molecule has 0 saturated carbocycles. The Morgan fingerprint density at radius 1 is 1.28 bits per heavy atom. The zero-order valence-corrected chi connectivity index (χ0v) is 14.5. The Balaban J connectivity index is 0. The number of likely N-dealkylation sites (N-methyl/N-ethyl adjacent to an activating group) is 1. The molecule has 0 saturated heterocycles. The van der Waals surface area contributed by atoms with Gasteiger partial charge in [0.1, 0.15) is 0 Å². The minimum Gasteiger partial charge on any atom is -0.385 e. The van der Waals surface area contributed by atoms with E-state index in [0.29, 0.717) is 0 Å². The van der Waals surface area contributed by atoms with E-state index in [1.807, 2.05) is 0 Å². The molecular formula is C12H29IN4O. The number of hydrogen-bond donors (Lipinski definition) is 2. The van der Waals surface area contributed by atoms with Gasteiger partial charge in [-0.15, -0.1) is 24.0 Å². The quantitative estimate of drug-likeness (QED) is 0.276. The number of methoxy groups -OCH3 is 1. The maximum Gasteiger partial charge on any atom is 0.191 e. The summed E-state index contributed by atoms with van der Waals surface area (Å²) in [6.45, 7) is 9.70. The highest BCUT2D eigenvalue weighted by Crippen LogP contribution is 1.83. The molecule has 18 heavy (non-hydrogen) atoms. The molecule has 0 aliphatic carbocycles. The Hall–Kier alpha value is -0.0800. The van der Waals surface area contributed by atoms with E-state index in [1.165, 1.54) is 0 Å². The van der Waals surface area contributed by atoms with Gasteiger partial charge in [0.15, 0.2) is 5.96 Å². The highest BCUT2D eigenvalue weighted by Gasteiger charge is 1.97. The second-order valence-electron chi connectivity index (χ2n) is 3.93. The third kappa shape index (κ3) is 12.4. The third-order valence-corrected chi connectivity index (χ3v) is 2.45. The van der Waals surface area contributed by atoms with Crippen LogP contribution in [-0.4, -0.2) is 64.3 Å². The number of halogens is 1. The van der Waals surface area contributed by atoms with Crippen molar-refractivity contribution in [1.29, 1.82) is 0 Å². The first kappa shape index (κ1) is 20.2. The molecule has 0 radical (unpaired) electrons. The van der Waals surface area contributed by atoms with Crippen molar-refractivity contribution in [2.75, 3.05) is 53.5 Å². The molecule has 0 atom stereocenters. The van der Waals surface area contributed by atoms with Crippen molar-refractivity contribution in [3.05, 3.63) is 0 Å². The average Bonchev–Trinajstić information content (AvgIpc) is 2.34. The van der Waals surface area contributed by atoms with E-state index >= 15 is 0 Å². The Morgan fingerprint density at radius 2 is 2.00 bits per heavy atom. The van der Waals surface area contributed by atoms with Crippen LogP contribution in [0, 0.1) is 0 Å². The van der Waals surface area contributed by atoms with Crippen LogP contribution in [0.4, 0.5) is 0 Å². The average molecular weight is 372 g/mol. The predicted molar refractivity (Wildman–Crippen MR) is 89.1 cm³/mol. The van der Waals surface area contributed by atoms with Crippen molar-refractivity contribution >= 4 is 29.9 Å². The molecule has 0 rings (SSSR count). The lowest BCUT2D eigenvalue weighted by Crippen LogP contribution is -2.41. The van der Waals surface area contributed by atoms with Crippen LogP contribution in [0.1, 0.15) is 20.3 Å². The molecule has 0 heterocycles. The van der Waals surface area contributed by atoms with E-state index in [0.717, 1.165) is 51.7 Å². The summed E-state index contributed by atoms with van der Waals surface area (Å²) in [4.78, 5) is 6.73. The number of nitrogens with one attached hydrogen (secondary N) is 2. The highest BCUT2D eigenvalue weighted by atomic mass is 127. The molecule has 0 aromatic rings. The molecule has 0 fully saturated rings. The number of guanidine groups is 1. The highest BCUT2D eigenvalue weighted by molar-refractivity contribution is 14.0. The van der Waals surface area contributed by atoms with Gasteiger partial charge in [-0.2, -0.15) is 0 Å². The SMILES string of the molecule is CCNC(=NCCCOC)NCCN(C)CC.I. The van der Waals surface area contributed by atoms with E-state index in [4.69, 9.17) is 4.74 Å². The zero-order chi connectivity index (χ0) is 12.9. The lowest BCUT2D eigenvalue weighted by Gasteiger charge is -2.16. The van der Waals surface area contributed by atoms with Gasteiger partial charge >= 0.3 is 0 Å². The van der Waals surface area contributed by atoms with Crippen LogP contribution in [-0.2, 0) is 4.74 Å². The summed E-state index contributed by atoms with van der Waals surface area (Å²) in [7, 11) is 3.83. The Kier molecular flexibility index (Phi) is 16.8. The molecule has 0 spiro atoms. The van der Waals surface area contributed by atoms with Crippen LogP contribution < -0.4 is 10.6 Å². The number of rotatable bonds is 9. The van der Waals surface area contributed by atoms with E-state index in [-0.39, 0.29) is 24.0 Å². The minimum absolute atomic E-state index is 0. The first-order valence-corrected chi connectivity index (χ1v) is 6.44. The van der Waals surface area contributed by atoms with Crippen LogP contribution in [0.25, 0.3) is 0 Å². The monoisotopic (exact) mass is 372 g/mol. The number of nitrogens with zero attached hydrogens (tertiary/aromatic N) is 2. The second-order valence-corrected chi connectivity index (χ2v) is 3.93. The Morgan fingerprint density at radius 3 is 2.56 bits per heavy atom. The molecule has 0 aromatic heterocycles. The Labute approximate surface area is 129 Å². The summed E-state index contributed by atoms with van der Waals surface area (Å²) >= 11 is 0. The zero-order valence-electron chi connectivity index (χ0n) is 12.2. The lowest BCUT2D eigenvalue weighted by molar-refractivity contribution is 0.197. The molecule has 110 valence electrons. The maximum absolute atomic E-state index is 4.99. The van der Waals surface area contributed by atoms with Gasteiger partial charge in [-0.3, -0.25) is 4.99 Å². The van der Waals surface area contributed by atoms with Crippen LogP contribution in [0.5, 0.6) is 0 Å². The third-order valence-electron chi connectivity index (χ3n) is 2.45. The molecule has 0 unspecified atom stereocenters. The summed E-state index contributed by atoms with van der Waals surface area (Å²) < 4.78 is 4.99. The normalized spacial score (nSPS) is 11.3. The van der Waals surface area contributed by atoms with Crippen molar-refractivity contribution in [3.63, 3.8) is 0 Å². The Bertz CT molecular complexity index is 203. The summed E-state index contributed by atoms with van der Waals surface area (Å²) in [6, 6.07) is 0. The van der Waals surface area contributed by atoms with Gasteiger partial charge in [-0.1, -0.05) is 6.92 Å². The van der Waals surface area contributed by atoms with Crippen LogP contribution in [0.15, 0.2) is 4.99 Å². The summed E-state index contributed by atoms with van der Waals surface area (Å²) in [6.07, 6.45) is 0.960. The van der Waals surface area contributed by atoms with Gasteiger partial charge in [0, 0.05) is 39.9 Å². The molecule has 0 aliphatic rings. The summed E-state index contributed by atoms with van der Waals surface area (Å²) in [5.74, 6) is 0.896. The van der Waals surface area contributed by atoms with E-state index < -0.39 is 0 Å². The smallest absolute Gasteiger partial charge is 0.191 e. The molecule has 0 bridgehead atoms. The fourth-order valence-corrected chi connectivity index (χ4v) is 1.26. The molecule has 2 N–H and O–H groups in total. The first-order chi connectivity index (χ1) is 8.24. The standard InChI is InChI=1S/C12H28N4O.HI/c1-5-13-12(14-8-7-11-17-4)15-9-10-16(3)6-2;/h5-11H2,1-4H3,(H2,13,14,15);1H. The summed E-state index contributed by atoms with van der Waals surface area (Å²) in [5.41, 5.74) is 0. The van der Waals surface area contributed by atoms with Crippen molar-refractivity contribution < 1.29 is 4.74 Å². The maximum atomic E-state index is 4.99. The second kappa shape index (κ2) is 15.0. The van der Waals surface area contributed by atoms with Gasteiger partial charge < -0.3 is 20.3 Å². The fraction of sp³-hybridized carbons (Fsp3) is 0.917. The minimum atomic E-state index is 0. The van der Waals surface area contributed by atoms with Gasteiger partial charge in [0.05, 0.1) is 0 Å². The van der Waals surface area contributed by atoms with Crippen LogP contribution in [0.3, 0.4) is 0 Å². The number of hydrogen-bond acceptors (Lipinski definition) is 3. The first-order valence-electron chi connectivity index (χ1n) is 6.44. The molecule has 0 aromatic carbocycles. The predicted octanol–water partition coefficient (Wildman–Crippen LogP) is 1.15. The number of aliphatic imine (C=N–C) groups is 1. The van der Waals surface area contributed by atoms with Gasteiger partial charge in [0.2, 0.25) is 0 Å². The van der Waals surface area contributed by atoms with Crippen molar-refractivity contribution in [2.45, 2.75) is 20.3 Å². The van der Waals surface area contributed by atoms with E-state index in [9.17, 15) is 0 Å². The van der Waals surface area contributed by atoms with Crippen LogP contribution >= 0.6 is 24.0 Å². The van der Waals surface area contributed by atoms with Gasteiger partial charge in [-0.05, 0) is 26.9 Å². The van der Waals surface area contributed by atoms with Crippen molar-refractivity contribution in [3.8, 4) is 0 Å². The van der Waals surface area contributed by atoms with Crippen molar-refractivity contribution in [1.82, 2.24) is 15.5 Å². The topological polar surface area (TPSA) is 48.9 Å². The molecule has 5 nitrogen and oxygen atoms in total. The molecule has 0 amide bonds.